The lowest BCUT2D eigenvalue weighted by molar-refractivity contribution is 1.17. The molecule has 0 aliphatic carbocycles. The molecule has 33 heavy (non-hydrogen) atoms. The first-order valence-electron chi connectivity index (χ1n) is 11.4. The molecule has 0 atom stereocenters. The average Bonchev–Trinajstić information content (AvgIpc) is 2.87. The molecule has 0 nitrogen and oxygen atoms in total. The monoisotopic (exact) mass is 422 g/mol. The summed E-state index contributed by atoms with van der Waals surface area (Å²) in [5, 5.41) is 0. The number of hydrogen-bond donors (Lipinski definition) is 0. The maximum absolute atomic E-state index is 2.34. The van der Waals surface area contributed by atoms with E-state index in [1.807, 2.05) is 0 Å². The standard InChI is InChI=1S/C33H26/c1-25-22-30(32(26-14-6-2-7-15-26)27-16-8-3-9-17-27)24-31(23-25)33(28-18-10-4-11-19-28)29-20-12-5-13-21-29/h2-24H,1H3. The molecular formula is C33H26. The van der Waals surface area contributed by atoms with Gasteiger partial charge in [0.2, 0.25) is 0 Å². The van der Waals surface area contributed by atoms with Crippen molar-refractivity contribution in [2.24, 2.45) is 0 Å². The molecule has 0 fully saturated rings. The van der Waals surface area contributed by atoms with Crippen LogP contribution in [0.3, 0.4) is 0 Å². The Balaban J connectivity index is 1.69. The summed E-state index contributed by atoms with van der Waals surface area (Å²) >= 11 is 0. The minimum Gasteiger partial charge on any atom is -0.0999 e. The van der Waals surface area contributed by atoms with Gasteiger partial charge < -0.3 is 0 Å². The van der Waals surface area contributed by atoms with E-state index in [0.29, 0.717) is 0 Å². The van der Waals surface area contributed by atoms with Crippen LogP contribution in [0.2, 0.25) is 0 Å². The normalized spacial score (nSPS) is 10.6. The van der Waals surface area contributed by atoms with Gasteiger partial charge in [-0.25, -0.2) is 0 Å². The highest BCUT2D eigenvalue weighted by Gasteiger charge is 2.22. The smallest absolute Gasteiger partial charge is 0.0527 e. The number of rotatable bonds is 6. The Morgan fingerprint density at radius 1 is 0.424 bits per heavy atom. The second-order valence-electron chi connectivity index (χ2n) is 8.30. The van der Waals surface area contributed by atoms with E-state index in [2.05, 4.69) is 146 Å². The first kappa shape index (κ1) is 20.7. The van der Waals surface area contributed by atoms with E-state index in [1.165, 1.54) is 50.8 Å². The number of aryl methyl sites for hydroxylation is 1. The highest BCUT2D eigenvalue weighted by Crippen LogP contribution is 2.36. The zero-order valence-electron chi connectivity index (χ0n) is 18.8. The van der Waals surface area contributed by atoms with Crippen LogP contribution in [0.5, 0.6) is 0 Å². The van der Waals surface area contributed by atoms with Crippen molar-refractivity contribution in [3.8, 4) is 0 Å². The molecule has 0 heteroatoms. The fraction of sp³-hybridized carbons (Fsp3) is 0.0303. The minimum atomic E-state index is 1.22. The third-order valence-electron chi connectivity index (χ3n) is 5.90. The van der Waals surface area contributed by atoms with Crippen molar-refractivity contribution in [2.45, 2.75) is 6.92 Å². The molecule has 0 N–H and O–H groups in total. The Hall–Kier alpha value is -4.16. The molecule has 5 aromatic carbocycles. The van der Waals surface area contributed by atoms with Crippen molar-refractivity contribution < 1.29 is 0 Å². The van der Waals surface area contributed by atoms with E-state index in [4.69, 9.17) is 0 Å². The summed E-state index contributed by atoms with van der Waals surface area (Å²) in [4.78, 5) is 0. The lowest BCUT2D eigenvalue weighted by atomic mass is 9.80. The van der Waals surface area contributed by atoms with Gasteiger partial charge in [0.05, 0.1) is 17.0 Å². The molecule has 158 valence electrons. The molecule has 0 heterocycles. The Kier molecular flexibility index (Phi) is 5.99. The molecule has 0 aromatic heterocycles. The van der Waals surface area contributed by atoms with Crippen molar-refractivity contribution in [3.63, 3.8) is 0 Å². The Bertz CT molecular complexity index is 1110. The average molecular weight is 423 g/mol. The highest BCUT2D eigenvalue weighted by atomic mass is 14.2. The van der Waals surface area contributed by atoms with E-state index < -0.39 is 0 Å². The van der Waals surface area contributed by atoms with Crippen molar-refractivity contribution in [3.05, 3.63) is 190 Å². The minimum absolute atomic E-state index is 1.22. The van der Waals surface area contributed by atoms with Gasteiger partial charge in [-0.1, -0.05) is 113 Å². The summed E-state index contributed by atoms with van der Waals surface area (Å²) in [5.74, 6) is 2.50. The largest absolute Gasteiger partial charge is 0.0999 e. The molecule has 0 bridgehead atoms. The molecule has 0 aliphatic rings. The summed E-state index contributed by atoms with van der Waals surface area (Å²) in [6.07, 6.45) is 0. The van der Waals surface area contributed by atoms with Gasteiger partial charge in [-0.2, -0.15) is 0 Å². The van der Waals surface area contributed by atoms with Gasteiger partial charge >= 0.3 is 0 Å². The molecule has 0 spiro atoms. The second-order valence-corrected chi connectivity index (χ2v) is 8.30. The summed E-state index contributed by atoms with van der Waals surface area (Å²) < 4.78 is 0. The first-order chi connectivity index (χ1) is 16.3. The van der Waals surface area contributed by atoms with Crippen molar-refractivity contribution >= 4 is 0 Å². The molecule has 0 aliphatic heterocycles. The Morgan fingerprint density at radius 3 is 1.30 bits per heavy atom. The molecule has 0 radical (unpaired) electrons. The molecule has 0 unspecified atom stereocenters. The topological polar surface area (TPSA) is 0 Å². The van der Waals surface area contributed by atoms with E-state index in [0.717, 1.165) is 0 Å². The molecular weight excluding hydrogens is 396 g/mol. The Morgan fingerprint density at radius 2 is 0.848 bits per heavy atom. The molecule has 0 saturated carbocycles. The van der Waals surface area contributed by atoms with Gasteiger partial charge in [-0.05, 0) is 61.5 Å². The third kappa shape index (κ3) is 4.56. The summed E-state index contributed by atoms with van der Waals surface area (Å²) in [6, 6.07) is 49.7. The van der Waals surface area contributed by atoms with Crippen molar-refractivity contribution in [2.75, 3.05) is 0 Å². The molecule has 0 saturated heterocycles. The lowest BCUT2D eigenvalue weighted by Crippen LogP contribution is -2.09. The zero-order chi connectivity index (χ0) is 22.5. The van der Waals surface area contributed by atoms with Crippen LogP contribution >= 0.6 is 0 Å². The summed E-state index contributed by atoms with van der Waals surface area (Å²) in [7, 11) is 0. The van der Waals surface area contributed by atoms with Gasteiger partial charge in [0, 0.05) is 5.56 Å². The lowest BCUT2D eigenvalue weighted by Gasteiger charge is -2.27. The van der Waals surface area contributed by atoms with Crippen LogP contribution in [0.4, 0.5) is 0 Å². The quantitative estimate of drug-likeness (QED) is 0.192. The maximum atomic E-state index is 2.34. The van der Waals surface area contributed by atoms with Gasteiger partial charge in [-0.15, -0.1) is 0 Å². The van der Waals surface area contributed by atoms with Gasteiger partial charge in [-0.3, -0.25) is 0 Å². The summed E-state index contributed by atoms with van der Waals surface area (Å²) in [5.41, 5.74) is 8.60. The second kappa shape index (κ2) is 9.54. The molecule has 5 aromatic rings. The number of hydrogen-bond acceptors (Lipinski definition) is 0. The van der Waals surface area contributed by atoms with Crippen LogP contribution < -0.4 is 0 Å². The maximum Gasteiger partial charge on any atom is 0.0527 e. The fourth-order valence-electron chi connectivity index (χ4n) is 4.49. The van der Waals surface area contributed by atoms with Gasteiger partial charge in [0.25, 0.3) is 0 Å². The van der Waals surface area contributed by atoms with E-state index >= 15 is 0 Å². The van der Waals surface area contributed by atoms with Crippen LogP contribution in [0, 0.1) is 18.8 Å². The van der Waals surface area contributed by atoms with E-state index in [9.17, 15) is 0 Å². The molecule has 5 rings (SSSR count). The number of benzene rings is 5. The van der Waals surface area contributed by atoms with E-state index in [-0.39, 0.29) is 0 Å². The SMILES string of the molecule is Cc1cc([C+](c2ccccc2)c2ccccc2)cc([C-](c2ccccc2)c2ccccc2)c1. The van der Waals surface area contributed by atoms with Crippen LogP contribution in [0.25, 0.3) is 0 Å². The van der Waals surface area contributed by atoms with Crippen molar-refractivity contribution in [1.29, 1.82) is 0 Å². The van der Waals surface area contributed by atoms with Crippen LogP contribution in [-0.4, -0.2) is 0 Å². The summed E-state index contributed by atoms with van der Waals surface area (Å²) in [6.45, 7) is 2.19. The third-order valence-corrected chi connectivity index (χ3v) is 5.90. The first-order valence-corrected chi connectivity index (χ1v) is 11.4. The van der Waals surface area contributed by atoms with Crippen LogP contribution in [0.15, 0.2) is 140 Å². The molecule has 0 amide bonds. The Labute approximate surface area is 197 Å². The predicted molar refractivity (Wildman–Crippen MR) is 138 cm³/mol. The fourth-order valence-corrected chi connectivity index (χ4v) is 4.49. The van der Waals surface area contributed by atoms with Gasteiger partial charge in [0.15, 0.2) is 0 Å². The predicted octanol–water partition coefficient (Wildman–Crippen LogP) is 8.03. The zero-order valence-corrected chi connectivity index (χ0v) is 18.8. The van der Waals surface area contributed by atoms with Crippen LogP contribution in [-0.2, 0) is 0 Å². The van der Waals surface area contributed by atoms with Crippen LogP contribution in [0.1, 0.15) is 38.9 Å². The van der Waals surface area contributed by atoms with E-state index in [1.54, 1.807) is 0 Å². The van der Waals surface area contributed by atoms with Crippen molar-refractivity contribution in [1.82, 2.24) is 0 Å². The highest BCUT2D eigenvalue weighted by molar-refractivity contribution is 5.63. The van der Waals surface area contributed by atoms with Gasteiger partial charge in [0.1, 0.15) is 0 Å².